The Bertz CT molecular complexity index is 510. The molecule has 1 aliphatic heterocycles. The number of aliphatic hydroxyl groups is 1. The molecular formula is C17H27ClN2O4. The SMILES string of the molecule is CCOc1cc(N2CCOCC2)c(OCC)cc1NCC(O)CCl. The van der Waals surface area contributed by atoms with Gasteiger partial charge in [0.25, 0.3) is 0 Å². The van der Waals surface area contributed by atoms with E-state index in [1.54, 1.807) is 0 Å². The molecule has 0 bridgehead atoms. The van der Waals surface area contributed by atoms with Crippen LogP contribution in [0.25, 0.3) is 0 Å². The molecule has 0 aliphatic carbocycles. The highest BCUT2D eigenvalue weighted by Gasteiger charge is 2.19. The third-order valence-corrected chi connectivity index (χ3v) is 4.08. The maximum absolute atomic E-state index is 9.68. The predicted molar refractivity (Wildman–Crippen MR) is 97.0 cm³/mol. The van der Waals surface area contributed by atoms with Gasteiger partial charge in [0, 0.05) is 31.8 Å². The van der Waals surface area contributed by atoms with Crippen LogP contribution in [0.15, 0.2) is 12.1 Å². The van der Waals surface area contributed by atoms with Gasteiger partial charge in [0.05, 0.1) is 49.8 Å². The molecule has 24 heavy (non-hydrogen) atoms. The van der Waals surface area contributed by atoms with Crippen molar-refractivity contribution in [3.8, 4) is 11.5 Å². The van der Waals surface area contributed by atoms with Gasteiger partial charge in [0.1, 0.15) is 11.5 Å². The van der Waals surface area contributed by atoms with E-state index in [9.17, 15) is 5.11 Å². The third-order valence-electron chi connectivity index (χ3n) is 3.72. The highest BCUT2D eigenvalue weighted by atomic mass is 35.5. The van der Waals surface area contributed by atoms with Crippen molar-refractivity contribution in [1.29, 1.82) is 0 Å². The summed E-state index contributed by atoms with van der Waals surface area (Å²) in [5, 5.41) is 12.9. The quantitative estimate of drug-likeness (QED) is 0.661. The standard InChI is InChI=1S/C17H27ClN2O4/c1-3-23-16-10-15(20-5-7-22-8-6-20)17(24-4-2)9-14(16)19-12-13(21)11-18/h9-10,13,19,21H,3-8,11-12H2,1-2H3. The van der Waals surface area contributed by atoms with Crippen molar-refractivity contribution in [2.75, 3.05) is 62.2 Å². The fourth-order valence-corrected chi connectivity index (χ4v) is 2.68. The molecule has 1 aromatic rings. The van der Waals surface area contributed by atoms with Gasteiger partial charge in [-0.2, -0.15) is 0 Å². The Hall–Kier alpha value is -1.37. The van der Waals surface area contributed by atoms with Crippen molar-refractivity contribution >= 4 is 23.0 Å². The molecule has 0 aromatic heterocycles. The summed E-state index contributed by atoms with van der Waals surface area (Å²) in [4.78, 5) is 2.24. The number of hydrogen-bond donors (Lipinski definition) is 2. The number of rotatable bonds is 9. The van der Waals surface area contributed by atoms with Gasteiger partial charge < -0.3 is 29.5 Å². The van der Waals surface area contributed by atoms with Crippen LogP contribution in [0.2, 0.25) is 0 Å². The highest BCUT2D eigenvalue weighted by Crippen LogP contribution is 2.39. The minimum Gasteiger partial charge on any atom is -0.492 e. The summed E-state index contributed by atoms with van der Waals surface area (Å²) in [5.41, 5.74) is 1.80. The summed E-state index contributed by atoms with van der Waals surface area (Å²) >= 11 is 5.66. The molecule has 1 aromatic carbocycles. The van der Waals surface area contributed by atoms with Crippen LogP contribution >= 0.6 is 11.6 Å². The molecule has 7 heteroatoms. The first-order chi connectivity index (χ1) is 11.7. The molecule has 2 N–H and O–H groups in total. The van der Waals surface area contributed by atoms with Gasteiger partial charge in [-0.15, -0.1) is 11.6 Å². The summed E-state index contributed by atoms with van der Waals surface area (Å²) in [6.45, 7) is 8.46. The zero-order valence-corrected chi connectivity index (χ0v) is 15.1. The number of hydrogen-bond acceptors (Lipinski definition) is 6. The van der Waals surface area contributed by atoms with E-state index in [1.165, 1.54) is 0 Å². The monoisotopic (exact) mass is 358 g/mol. The smallest absolute Gasteiger partial charge is 0.144 e. The normalized spacial score (nSPS) is 15.9. The number of alkyl halides is 1. The lowest BCUT2D eigenvalue weighted by Gasteiger charge is -2.31. The van der Waals surface area contributed by atoms with Crippen LogP contribution in [0.1, 0.15) is 13.8 Å². The molecule has 1 unspecified atom stereocenters. The first-order valence-electron chi connectivity index (χ1n) is 8.43. The fourth-order valence-electron chi connectivity index (χ4n) is 2.57. The van der Waals surface area contributed by atoms with Crippen molar-refractivity contribution in [3.63, 3.8) is 0 Å². The molecule has 1 heterocycles. The largest absolute Gasteiger partial charge is 0.492 e. The predicted octanol–water partition coefficient (Wildman–Crippen LogP) is 2.33. The molecule has 0 amide bonds. The van der Waals surface area contributed by atoms with E-state index in [0.29, 0.717) is 33.0 Å². The van der Waals surface area contributed by atoms with Crippen molar-refractivity contribution in [1.82, 2.24) is 0 Å². The summed E-state index contributed by atoms with van der Waals surface area (Å²) in [7, 11) is 0. The Morgan fingerprint density at radius 2 is 1.88 bits per heavy atom. The lowest BCUT2D eigenvalue weighted by atomic mass is 10.2. The van der Waals surface area contributed by atoms with E-state index in [1.807, 2.05) is 26.0 Å². The number of ether oxygens (including phenoxy) is 3. The molecule has 1 fully saturated rings. The van der Waals surface area contributed by atoms with E-state index in [2.05, 4.69) is 10.2 Å². The molecule has 0 radical (unpaired) electrons. The molecule has 0 spiro atoms. The maximum Gasteiger partial charge on any atom is 0.144 e. The number of morpholine rings is 1. The van der Waals surface area contributed by atoms with Crippen LogP contribution in [-0.2, 0) is 4.74 Å². The molecule has 1 atom stereocenters. The van der Waals surface area contributed by atoms with E-state index in [-0.39, 0.29) is 5.88 Å². The summed E-state index contributed by atoms with van der Waals surface area (Å²) in [5.74, 6) is 1.72. The van der Waals surface area contributed by atoms with Crippen molar-refractivity contribution in [2.24, 2.45) is 0 Å². The average molecular weight is 359 g/mol. The number of benzene rings is 1. The highest BCUT2D eigenvalue weighted by molar-refractivity contribution is 6.18. The molecule has 1 aliphatic rings. The van der Waals surface area contributed by atoms with E-state index in [4.69, 9.17) is 25.8 Å². The number of anilines is 2. The summed E-state index contributed by atoms with van der Waals surface area (Å²) in [6.07, 6.45) is -0.615. The van der Waals surface area contributed by atoms with Crippen molar-refractivity contribution in [2.45, 2.75) is 20.0 Å². The zero-order valence-electron chi connectivity index (χ0n) is 14.4. The van der Waals surface area contributed by atoms with Crippen LogP contribution in [0.5, 0.6) is 11.5 Å². The van der Waals surface area contributed by atoms with E-state index >= 15 is 0 Å². The lowest BCUT2D eigenvalue weighted by Crippen LogP contribution is -2.36. The van der Waals surface area contributed by atoms with Crippen LogP contribution in [0.3, 0.4) is 0 Å². The lowest BCUT2D eigenvalue weighted by molar-refractivity contribution is 0.122. The number of aliphatic hydroxyl groups excluding tert-OH is 1. The van der Waals surface area contributed by atoms with E-state index in [0.717, 1.165) is 36.0 Å². The fraction of sp³-hybridized carbons (Fsp3) is 0.647. The van der Waals surface area contributed by atoms with Crippen LogP contribution in [0.4, 0.5) is 11.4 Å². The minimum atomic E-state index is -0.615. The molecule has 1 saturated heterocycles. The summed E-state index contributed by atoms with van der Waals surface area (Å²) < 4.78 is 17.0. The number of nitrogens with one attached hydrogen (secondary N) is 1. The Morgan fingerprint density at radius 1 is 1.21 bits per heavy atom. The molecular weight excluding hydrogens is 332 g/mol. The van der Waals surface area contributed by atoms with E-state index < -0.39 is 6.10 Å². The topological polar surface area (TPSA) is 63.2 Å². The van der Waals surface area contributed by atoms with Crippen LogP contribution < -0.4 is 19.7 Å². The van der Waals surface area contributed by atoms with Crippen LogP contribution in [-0.4, -0.2) is 63.2 Å². The number of halogens is 1. The first kappa shape index (κ1) is 19.0. The second-order valence-electron chi connectivity index (χ2n) is 5.47. The zero-order chi connectivity index (χ0) is 17.4. The Balaban J connectivity index is 2.30. The molecule has 136 valence electrons. The molecule has 0 saturated carbocycles. The second kappa shape index (κ2) is 9.81. The average Bonchev–Trinajstić information content (AvgIpc) is 2.62. The van der Waals surface area contributed by atoms with Gasteiger partial charge >= 0.3 is 0 Å². The van der Waals surface area contributed by atoms with Gasteiger partial charge in [-0.3, -0.25) is 0 Å². The van der Waals surface area contributed by atoms with Gasteiger partial charge in [0.2, 0.25) is 0 Å². The maximum atomic E-state index is 9.68. The Morgan fingerprint density at radius 3 is 2.50 bits per heavy atom. The molecule has 2 rings (SSSR count). The number of nitrogens with zero attached hydrogens (tertiary/aromatic N) is 1. The molecule has 6 nitrogen and oxygen atoms in total. The second-order valence-corrected chi connectivity index (χ2v) is 5.78. The van der Waals surface area contributed by atoms with Crippen LogP contribution in [0, 0.1) is 0 Å². The third kappa shape index (κ3) is 5.06. The van der Waals surface area contributed by atoms with Gasteiger partial charge in [0.15, 0.2) is 0 Å². The van der Waals surface area contributed by atoms with Gasteiger partial charge in [-0.05, 0) is 13.8 Å². The first-order valence-corrected chi connectivity index (χ1v) is 8.97. The van der Waals surface area contributed by atoms with Gasteiger partial charge in [-0.1, -0.05) is 0 Å². The van der Waals surface area contributed by atoms with Crippen molar-refractivity contribution in [3.05, 3.63) is 12.1 Å². The Kier molecular flexibility index (Phi) is 7.75. The summed E-state index contributed by atoms with van der Waals surface area (Å²) in [6, 6.07) is 3.93. The Labute approximate surface area is 148 Å². The van der Waals surface area contributed by atoms with Crippen molar-refractivity contribution < 1.29 is 19.3 Å². The minimum absolute atomic E-state index is 0.182. The van der Waals surface area contributed by atoms with Gasteiger partial charge in [-0.25, -0.2) is 0 Å².